The summed E-state index contributed by atoms with van der Waals surface area (Å²) >= 11 is 0. The van der Waals surface area contributed by atoms with Crippen LogP contribution >= 0.6 is 0 Å². The van der Waals surface area contributed by atoms with E-state index in [0.717, 1.165) is 109 Å². The number of rotatable bonds is 30. The second kappa shape index (κ2) is 47.2. The van der Waals surface area contributed by atoms with Crippen LogP contribution in [0.5, 0.6) is 23.0 Å². The first-order valence-corrected chi connectivity index (χ1v) is 42.6. The number of halogens is 12. The largest absolute Gasteiger partial charge is 0.488 e. The first-order chi connectivity index (χ1) is 53.5. The zero-order chi connectivity index (χ0) is 78.3. The molecule has 0 aromatic heterocycles. The van der Waals surface area contributed by atoms with Crippen molar-refractivity contribution in [1.29, 1.82) is 0 Å². The van der Waals surface area contributed by atoms with E-state index in [1.165, 1.54) is 203 Å². The SMILES string of the molecule is CCCC1CCC(C2CCC(c3cc(F)c(OCCCF)c(F)c3)CC2)CC1.CCCC1CCC(C2CCC(c3cc(F)c(OCCF)c(F)c3)CC2)CC1.CCCC1CCC(C2COC(c3cc(F)c(OCCCF)c(F)c3)OC2)CC1.CCCC1CCC(C2COC(c3cc(F)c(OCCF)c(F)c3)OC2)CC1. The Hall–Kier alpha value is -4.92. The molecule has 20 heteroatoms. The molecule has 8 aliphatic rings. The molecular formula is C90H128F12O8. The van der Waals surface area contributed by atoms with Crippen LogP contribution in [0.1, 0.15) is 293 Å². The van der Waals surface area contributed by atoms with Crippen molar-refractivity contribution in [2.75, 3.05) is 79.6 Å². The van der Waals surface area contributed by atoms with Crippen molar-refractivity contribution >= 4 is 0 Å². The van der Waals surface area contributed by atoms with E-state index in [1.807, 2.05) is 0 Å². The molecule has 0 radical (unpaired) electrons. The molecule has 4 aromatic rings. The Bertz CT molecular complexity index is 2940. The van der Waals surface area contributed by atoms with Gasteiger partial charge in [0.05, 0.1) is 53.0 Å². The molecular weight excluding hydrogens is 1440 g/mol. The van der Waals surface area contributed by atoms with Crippen LogP contribution < -0.4 is 18.9 Å². The maximum Gasteiger partial charge on any atom is 0.190 e. The van der Waals surface area contributed by atoms with Crippen molar-refractivity contribution < 1.29 is 90.6 Å². The molecule has 0 bridgehead atoms. The van der Waals surface area contributed by atoms with Crippen LogP contribution in [0, 0.1) is 118 Å². The maximum absolute atomic E-state index is 14.3. The second-order valence-electron chi connectivity index (χ2n) is 33.1. The monoisotopic (exact) mass is 1560 g/mol. The average molecular weight is 1570 g/mol. The summed E-state index contributed by atoms with van der Waals surface area (Å²) in [6.45, 7) is 7.72. The predicted octanol–water partition coefficient (Wildman–Crippen LogP) is 26.3. The molecule has 0 N–H and O–H groups in total. The fourth-order valence-electron chi connectivity index (χ4n) is 19.6. The normalized spacial score (nSPS) is 28.6. The summed E-state index contributed by atoms with van der Waals surface area (Å²) in [6.07, 6.45) is 38.8. The highest BCUT2D eigenvalue weighted by molar-refractivity contribution is 5.36. The van der Waals surface area contributed by atoms with Crippen molar-refractivity contribution in [2.45, 2.75) is 270 Å². The zero-order valence-electron chi connectivity index (χ0n) is 66.2. The molecule has 620 valence electrons. The van der Waals surface area contributed by atoms with Crippen molar-refractivity contribution in [1.82, 2.24) is 0 Å². The third-order valence-electron chi connectivity index (χ3n) is 25.7. The van der Waals surface area contributed by atoms with Crippen LogP contribution in [0.2, 0.25) is 0 Å². The van der Waals surface area contributed by atoms with E-state index in [1.54, 1.807) is 0 Å². The number of hydrogen-bond acceptors (Lipinski definition) is 8. The van der Waals surface area contributed by atoms with Crippen LogP contribution in [0.15, 0.2) is 48.5 Å². The summed E-state index contributed by atoms with van der Waals surface area (Å²) in [5.41, 5.74) is 2.06. The standard InChI is InChI=1S/C24H35F3O.C23H33F3O.C22H31F3O3.C21H29F3O3/c1-2-4-17-5-7-18(8-6-17)19-9-11-20(12-10-19)21-15-22(26)24(23(27)16-21)28-14-3-13-25;1-2-3-16-4-6-17(7-5-16)18-8-10-19(11-9-18)20-14-21(25)23(22(26)15-20)27-13-12-24;1-2-4-15-5-7-16(8-6-15)18-13-27-22(28-14-18)17-11-19(24)21(20(25)12-17)26-10-3-9-23;1-2-3-14-4-6-15(7-5-14)17-12-26-21(27-13-17)16-10-18(23)20(19(24)11-16)25-9-8-22/h15-20H,2-14H2,1H3;14-19H,2-13H2,1H3;11-12,15-16,18,22H,2-10,13-14H2,1H3;10-11,14-15,17,21H,2-9,12-13H2,1H3. The van der Waals surface area contributed by atoms with Crippen molar-refractivity contribution in [3.05, 3.63) is 117 Å². The van der Waals surface area contributed by atoms with Crippen LogP contribution in [0.3, 0.4) is 0 Å². The van der Waals surface area contributed by atoms with Gasteiger partial charge in [0.15, 0.2) is 82.1 Å². The molecule has 2 heterocycles. The Morgan fingerprint density at radius 2 is 0.473 bits per heavy atom. The van der Waals surface area contributed by atoms with Gasteiger partial charge in [-0.25, -0.2) is 43.9 Å². The lowest BCUT2D eigenvalue weighted by Gasteiger charge is -2.38. The van der Waals surface area contributed by atoms with Gasteiger partial charge >= 0.3 is 0 Å². The lowest BCUT2D eigenvalue weighted by atomic mass is 9.68. The first-order valence-electron chi connectivity index (χ1n) is 42.6. The van der Waals surface area contributed by atoms with E-state index in [-0.39, 0.29) is 62.4 Å². The minimum Gasteiger partial charge on any atom is -0.488 e. The smallest absolute Gasteiger partial charge is 0.190 e. The number of ether oxygens (including phenoxy) is 8. The average Bonchev–Trinajstić information content (AvgIpc) is 0.824. The third kappa shape index (κ3) is 26.6. The van der Waals surface area contributed by atoms with Gasteiger partial charge in [-0.3, -0.25) is 8.78 Å². The molecule has 0 spiro atoms. The first kappa shape index (κ1) is 89.0. The molecule has 2 saturated heterocycles. The molecule has 2 aliphatic heterocycles. The molecule has 0 atom stereocenters. The topological polar surface area (TPSA) is 73.8 Å². The van der Waals surface area contributed by atoms with Gasteiger partial charge in [-0.15, -0.1) is 0 Å². The maximum atomic E-state index is 14.3. The molecule has 110 heavy (non-hydrogen) atoms. The molecule has 0 amide bonds. The minimum absolute atomic E-state index is 0.00467. The number of benzene rings is 4. The van der Waals surface area contributed by atoms with Gasteiger partial charge in [0, 0.05) is 35.8 Å². The predicted molar refractivity (Wildman–Crippen MR) is 408 cm³/mol. The minimum atomic E-state index is -0.873. The molecule has 12 rings (SSSR count). The summed E-state index contributed by atoms with van der Waals surface area (Å²) in [5.74, 6) is 1.21. The fraction of sp³-hybridized carbons (Fsp3) is 0.733. The molecule has 6 saturated carbocycles. The summed E-state index contributed by atoms with van der Waals surface area (Å²) < 4.78 is 205. The Balaban J connectivity index is 0.000000169. The molecule has 8 fully saturated rings. The van der Waals surface area contributed by atoms with E-state index in [9.17, 15) is 52.7 Å². The van der Waals surface area contributed by atoms with Crippen LogP contribution in [-0.2, 0) is 18.9 Å². The van der Waals surface area contributed by atoms with Gasteiger partial charge in [0.2, 0.25) is 0 Å². The van der Waals surface area contributed by atoms with Crippen LogP contribution in [0.4, 0.5) is 52.7 Å². The van der Waals surface area contributed by atoms with Crippen LogP contribution in [0.25, 0.3) is 0 Å². The van der Waals surface area contributed by atoms with E-state index in [0.29, 0.717) is 55.7 Å². The van der Waals surface area contributed by atoms with E-state index in [2.05, 4.69) is 27.7 Å². The molecule has 4 aromatic carbocycles. The van der Waals surface area contributed by atoms with Crippen LogP contribution in [-0.4, -0.2) is 79.6 Å². The van der Waals surface area contributed by atoms with Crippen molar-refractivity contribution in [3.63, 3.8) is 0 Å². The van der Waals surface area contributed by atoms with Crippen molar-refractivity contribution in [3.8, 4) is 23.0 Å². The fourth-order valence-corrected chi connectivity index (χ4v) is 19.6. The summed E-state index contributed by atoms with van der Waals surface area (Å²) in [4.78, 5) is 0. The Kier molecular flexibility index (Phi) is 38.2. The van der Waals surface area contributed by atoms with Crippen molar-refractivity contribution in [2.24, 2.45) is 71.0 Å². The molecule has 8 nitrogen and oxygen atoms in total. The highest BCUT2D eigenvalue weighted by Gasteiger charge is 2.38. The van der Waals surface area contributed by atoms with Gasteiger partial charge in [-0.05, 0) is 233 Å². The second-order valence-corrected chi connectivity index (χ2v) is 33.1. The lowest BCUT2D eigenvalue weighted by molar-refractivity contribution is -0.215. The number of hydrogen-bond donors (Lipinski definition) is 0. The van der Waals surface area contributed by atoms with Gasteiger partial charge in [-0.2, -0.15) is 0 Å². The Morgan fingerprint density at radius 3 is 0.691 bits per heavy atom. The van der Waals surface area contributed by atoms with Gasteiger partial charge in [0.1, 0.15) is 26.6 Å². The summed E-state index contributed by atoms with van der Waals surface area (Å²) in [5, 5.41) is 0. The zero-order valence-corrected chi connectivity index (χ0v) is 66.2. The quantitative estimate of drug-likeness (QED) is 0.0378. The third-order valence-corrected chi connectivity index (χ3v) is 25.7. The van der Waals surface area contributed by atoms with E-state index in [4.69, 9.17) is 37.9 Å². The Labute approximate surface area is 649 Å². The summed E-state index contributed by atoms with van der Waals surface area (Å²) in [6, 6.07) is 10.2. The van der Waals surface area contributed by atoms with E-state index >= 15 is 0 Å². The highest BCUT2D eigenvalue weighted by Crippen LogP contribution is 2.49. The van der Waals surface area contributed by atoms with Gasteiger partial charge in [0.25, 0.3) is 0 Å². The van der Waals surface area contributed by atoms with Gasteiger partial charge in [-0.1, -0.05) is 130 Å². The number of alkyl halides is 4. The summed E-state index contributed by atoms with van der Waals surface area (Å²) in [7, 11) is 0. The molecule has 6 aliphatic carbocycles. The lowest BCUT2D eigenvalue weighted by Crippen LogP contribution is -2.34. The van der Waals surface area contributed by atoms with E-state index < -0.39 is 103 Å². The molecule has 0 unspecified atom stereocenters. The van der Waals surface area contributed by atoms with Gasteiger partial charge < -0.3 is 37.9 Å². The highest BCUT2D eigenvalue weighted by atomic mass is 19.2. The Morgan fingerprint density at radius 1 is 0.264 bits per heavy atom.